The third-order valence-electron chi connectivity index (χ3n) is 3.55. The summed E-state index contributed by atoms with van der Waals surface area (Å²) in [4.78, 5) is 29.7. The van der Waals surface area contributed by atoms with Crippen molar-refractivity contribution in [2.24, 2.45) is 5.73 Å². The normalized spacial score (nSPS) is 10.5. The molecule has 0 fully saturated rings. The Kier molecular flexibility index (Phi) is 6.36. The van der Waals surface area contributed by atoms with Crippen LogP contribution in [-0.4, -0.2) is 38.2 Å². The van der Waals surface area contributed by atoms with Gasteiger partial charge in [-0.2, -0.15) is 0 Å². The van der Waals surface area contributed by atoms with Crippen LogP contribution in [0.2, 0.25) is 0 Å². The number of carboxylic acids is 1. The van der Waals surface area contributed by atoms with Gasteiger partial charge in [0.25, 0.3) is 0 Å². The van der Waals surface area contributed by atoms with Gasteiger partial charge in [0.05, 0.1) is 6.20 Å². The van der Waals surface area contributed by atoms with Crippen molar-refractivity contribution in [3.8, 4) is 11.4 Å². The number of nitrogens with two attached hydrogens (primary N) is 1. The lowest BCUT2D eigenvalue weighted by atomic mass is 10.2. The molecule has 0 unspecified atom stereocenters. The van der Waals surface area contributed by atoms with Crippen molar-refractivity contribution < 1.29 is 19.1 Å². The summed E-state index contributed by atoms with van der Waals surface area (Å²) in [5, 5.41) is 19.0. The average Bonchev–Trinajstić information content (AvgIpc) is 2.59. The van der Waals surface area contributed by atoms with Gasteiger partial charge in [0.15, 0.2) is 17.5 Å². The number of carbonyl (C=O) groups excluding carboxylic acids is 1. The van der Waals surface area contributed by atoms with E-state index < -0.39 is 17.8 Å². The van der Waals surface area contributed by atoms with E-state index in [1.54, 1.807) is 0 Å². The number of unbranched alkanes of at least 4 members (excludes halogenated alkanes) is 2. The fraction of sp³-hybridized carbons (Fsp3) is 0.312. The zero-order chi connectivity index (χ0) is 19.1. The van der Waals surface area contributed by atoms with Crippen molar-refractivity contribution in [2.75, 3.05) is 11.9 Å². The molecule has 0 saturated heterocycles. The average molecular weight is 362 g/mol. The molecule has 10 heteroatoms. The lowest BCUT2D eigenvalue weighted by Gasteiger charge is -2.09. The van der Waals surface area contributed by atoms with Gasteiger partial charge in [0, 0.05) is 24.7 Å². The zero-order valence-corrected chi connectivity index (χ0v) is 13.9. The first kappa shape index (κ1) is 19.0. The molecular formula is C16H19FN6O3. The molecule has 26 heavy (non-hydrogen) atoms. The van der Waals surface area contributed by atoms with Gasteiger partial charge in [-0.1, -0.05) is 6.42 Å². The van der Waals surface area contributed by atoms with Crippen molar-refractivity contribution in [2.45, 2.75) is 25.7 Å². The highest BCUT2D eigenvalue weighted by Gasteiger charge is 2.10. The molecule has 0 aromatic carbocycles. The highest BCUT2D eigenvalue weighted by molar-refractivity contribution is 5.75. The second kappa shape index (κ2) is 8.70. The third-order valence-corrected chi connectivity index (χ3v) is 3.55. The van der Waals surface area contributed by atoms with E-state index in [0.717, 1.165) is 10.8 Å². The maximum atomic E-state index is 13.9. The summed E-state index contributed by atoms with van der Waals surface area (Å²) in [7, 11) is 0. The number of halogens is 1. The van der Waals surface area contributed by atoms with Crippen LogP contribution in [0.25, 0.3) is 11.4 Å². The smallest absolute Gasteiger partial charge is 0.324 e. The SMILES string of the molecule is N=c1ccc(-c2ncc(F)c(NCCCCCC(=O)O)n2)cn1C(N)=O. The fourth-order valence-electron chi connectivity index (χ4n) is 2.23. The molecule has 0 spiro atoms. The monoisotopic (exact) mass is 362 g/mol. The molecule has 5 N–H and O–H groups in total. The molecular weight excluding hydrogens is 343 g/mol. The number of hydrogen-bond donors (Lipinski definition) is 4. The lowest BCUT2D eigenvalue weighted by Crippen LogP contribution is -2.30. The molecule has 138 valence electrons. The van der Waals surface area contributed by atoms with Crippen LogP contribution in [0.15, 0.2) is 24.5 Å². The van der Waals surface area contributed by atoms with Crippen LogP contribution < -0.4 is 16.5 Å². The topological polar surface area (TPSA) is 147 Å². The van der Waals surface area contributed by atoms with Gasteiger partial charge >= 0.3 is 12.0 Å². The Hall–Kier alpha value is -3.30. The number of carbonyl (C=O) groups is 2. The van der Waals surface area contributed by atoms with Crippen molar-refractivity contribution in [1.82, 2.24) is 14.5 Å². The minimum Gasteiger partial charge on any atom is -0.481 e. The molecule has 0 saturated carbocycles. The maximum Gasteiger partial charge on any atom is 0.324 e. The van der Waals surface area contributed by atoms with Gasteiger partial charge < -0.3 is 16.2 Å². The van der Waals surface area contributed by atoms with E-state index >= 15 is 0 Å². The largest absolute Gasteiger partial charge is 0.481 e. The minimum atomic E-state index is -0.837. The Labute approximate surface area is 148 Å². The Morgan fingerprint density at radius 3 is 2.77 bits per heavy atom. The molecule has 9 nitrogen and oxygen atoms in total. The van der Waals surface area contributed by atoms with E-state index in [1.165, 1.54) is 18.3 Å². The van der Waals surface area contributed by atoms with E-state index in [-0.39, 0.29) is 23.6 Å². The van der Waals surface area contributed by atoms with E-state index in [2.05, 4.69) is 15.3 Å². The number of nitrogens with zero attached hydrogens (tertiary/aromatic N) is 3. The molecule has 0 aliphatic rings. The van der Waals surface area contributed by atoms with Gasteiger partial charge in [-0.25, -0.2) is 19.2 Å². The van der Waals surface area contributed by atoms with E-state index in [9.17, 15) is 14.0 Å². The third kappa shape index (κ3) is 5.10. The van der Waals surface area contributed by atoms with Crippen molar-refractivity contribution in [3.05, 3.63) is 35.8 Å². The van der Waals surface area contributed by atoms with Crippen molar-refractivity contribution in [3.63, 3.8) is 0 Å². The standard InChI is InChI=1S/C16H19FN6O3/c17-11-8-21-14(10-5-6-12(18)23(9-10)16(19)26)22-15(11)20-7-3-1-2-4-13(24)25/h5-6,8-9,18H,1-4,7H2,(H2,19,26)(H,24,25)(H,20,21,22). The summed E-state index contributed by atoms with van der Waals surface area (Å²) in [6, 6.07) is 2.08. The first-order valence-electron chi connectivity index (χ1n) is 7.94. The number of amides is 1. The molecule has 0 radical (unpaired) electrons. The first-order valence-corrected chi connectivity index (χ1v) is 7.94. The Morgan fingerprint density at radius 2 is 2.08 bits per heavy atom. The number of pyridine rings is 1. The van der Waals surface area contributed by atoms with Crippen LogP contribution in [-0.2, 0) is 4.79 Å². The van der Waals surface area contributed by atoms with Gasteiger partial charge in [0.1, 0.15) is 5.49 Å². The minimum absolute atomic E-state index is 0.00816. The summed E-state index contributed by atoms with van der Waals surface area (Å²) in [5.41, 5.74) is 5.51. The van der Waals surface area contributed by atoms with Crippen LogP contribution in [0.5, 0.6) is 0 Å². The van der Waals surface area contributed by atoms with Crippen LogP contribution >= 0.6 is 0 Å². The molecule has 2 aromatic heterocycles. The fourth-order valence-corrected chi connectivity index (χ4v) is 2.23. The van der Waals surface area contributed by atoms with Crippen LogP contribution in [0.3, 0.4) is 0 Å². The number of primary amides is 1. The van der Waals surface area contributed by atoms with Gasteiger partial charge in [-0.3, -0.25) is 14.8 Å². The molecule has 2 rings (SSSR count). The number of aliphatic carboxylic acids is 1. The molecule has 2 aromatic rings. The number of nitrogens with one attached hydrogen (secondary N) is 2. The molecule has 0 bridgehead atoms. The first-order chi connectivity index (χ1) is 12.4. The number of carboxylic acid groups (broad SMARTS) is 1. The molecule has 0 atom stereocenters. The van der Waals surface area contributed by atoms with Gasteiger partial charge in [-0.05, 0) is 25.0 Å². The second-order valence-electron chi connectivity index (χ2n) is 5.53. The van der Waals surface area contributed by atoms with Gasteiger partial charge in [0.2, 0.25) is 0 Å². The summed E-state index contributed by atoms with van der Waals surface area (Å²) in [5.74, 6) is -1.28. The molecule has 1 amide bonds. The maximum absolute atomic E-state index is 13.9. The zero-order valence-electron chi connectivity index (χ0n) is 13.9. The molecule has 0 aliphatic carbocycles. The quantitative estimate of drug-likeness (QED) is 0.524. The molecule has 2 heterocycles. The predicted octanol–water partition coefficient (Wildman–Crippen LogP) is 1.55. The number of aromatic nitrogens is 3. The Morgan fingerprint density at radius 1 is 1.31 bits per heavy atom. The Balaban J connectivity index is 2.07. The second-order valence-corrected chi connectivity index (χ2v) is 5.53. The predicted molar refractivity (Wildman–Crippen MR) is 90.8 cm³/mol. The number of rotatable bonds is 8. The van der Waals surface area contributed by atoms with Crippen molar-refractivity contribution in [1.29, 1.82) is 5.41 Å². The number of anilines is 1. The van der Waals surface area contributed by atoms with Gasteiger partial charge in [-0.15, -0.1) is 0 Å². The van der Waals surface area contributed by atoms with E-state index in [1.807, 2.05) is 0 Å². The highest BCUT2D eigenvalue weighted by Crippen LogP contribution is 2.17. The van der Waals surface area contributed by atoms with Crippen molar-refractivity contribution >= 4 is 17.8 Å². The van der Waals surface area contributed by atoms with Crippen LogP contribution in [0.1, 0.15) is 25.7 Å². The van der Waals surface area contributed by atoms with Crippen LogP contribution in [0.4, 0.5) is 15.0 Å². The summed E-state index contributed by atoms with van der Waals surface area (Å²) < 4.78 is 14.8. The van der Waals surface area contributed by atoms with E-state index in [0.29, 0.717) is 31.4 Å². The highest BCUT2D eigenvalue weighted by atomic mass is 19.1. The Bertz CT molecular complexity index is 867. The molecule has 0 aliphatic heterocycles. The summed E-state index contributed by atoms with van der Waals surface area (Å²) in [6.07, 6.45) is 4.36. The van der Waals surface area contributed by atoms with Crippen LogP contribution in [0, 0.1) is 11.2 Å². The summed E-state index contributed by atoms with van der Waals surface area (Å²) >= 11 is 0. The van der Waals surface area contributed by atoms with E-state index in [4.69, 9.17) is 16.2 Å². The lowest BCUT2D eigenvalue weighted by molar-refractivity contribution is -0.137. The summed E-state index contributed by atoms with van der Waals surface area (Å²) in [6.45, 7) is 0.430. The number of hydrogen-bond acceptors (Lipinski definition) is 6.